The molecule has 0 aromatic heterocycles. The molecule has 0 bridgehead atoms. The van der Waals surface area contributed by atoms with Crippen molar-refractivity contribution >= 4 is 5.78 Å². The van der Waals surface area contributed by atoms with Gasteiger partial charge in [-0.25, -0.2) is 8.78 Å². The Labute approximate surface area is 97.7 Å². The maximum absolute atomic E-state index is 13.3. The third-order valence-corrected chi connectivity index (χ3v) is 2.48. The average molecular weight is 232 g/mol. The van der Waals surface area contributed by atoms with Crippen LogP contribution < -0.4 is 0 Å². The van der Waals surface area contributed by atoms with Crippen LogP contribution in [-0.2, 0) is 6.42 Å². The zero-order chi connectivity index (χ0) is 12.3. The first-order valence-electron chi connectivity index (χ1n) is 5.19. The molecule has 0 amide bonds. The van der Waals surface area contributed by atoms with Gasteiger partial charge in [0.15, 0.2) is 5.78 Å². The highest BCUT2D eigenvalue weighted by Gasteiger charge is 2.13. The third-order valence-electron chi connectivity index (χ3n) is 2.48. The maximum Gasteiger partial charge on any atom is 0.170 e. The highest BCUT2D eigenvalue weighted by molar-refractivity contribution is 5.97. The van der Waals surface area contributed by atoms with Crippen LogP contribution in [0.3, 0.4) is 0 Å². The molecule has 0 aliphatic heterocycles. The monoisotopic (exact) mass is 232 g/mol. The summed E-state index contributed by atoms with van der Waals surface area (Å²) in [5, 5.41) is 0. The Bertz CT molecular complexity index is 549. The minimum atomic E-state index is -0.575. The molecule has 0 heterocycles. The summed E-state index contributed by atoms with van der Waals surface area (Å²) in [6, 6.07) is 11.7. The number of rotatable bonds is 3. The summed E-state index contributed by atoms with van der Waals surface area (Å²) in [6.07, 6.45) is -0.131. The van der Waals surface area contributed by atoms with Crippen LogP contribution in [0.25, 0.3) is 0 Å². The molecule has 2 aromatic carbocycles. The molecule has 0 unspecified atom stereocenters. The zero-order valence-electron chi connectivity index (χ0n) is 8.99. The van der Waals surface area contributed by atoms with Gasteiger partial charge in [0, 0.05) is 6.42 Å². The Balaban J connectivity index is 2.24. The molecule has 2 rings (SSSR count). The molecule has 86 valence electrons. The molecule has 0 radical (unpaired) electrons. The Morgan fingerprint density at radius 3 is 2.12 bits per heavy atom. The number of halogens is 2. The zero-order valence-corrected chi connectivity index (χ0v) is 8.99. The van der Waals surface area contributed by atoms with Gasteiger partial charge in [0.1, 0.15) is 11.6 Å². The van der Waals surface area contributed by atoms with Crippen molar-refractivity contribution in [3.63, 3.8) is 0 Å². The van der Waals surface area contributed by atoms with Crippen LogP contribution in [0.15, 0.2) is 48.5 Å². The van der Waals surface area contributed by atoms with Crippen LogP contribution in [0.5, 0.6) is 0 Å². The first kappa shape index (κ1) is 11.5. The van der Waals surface area contributed by atoms with Crippen LogP contribution >= 0.6 is 0 Å². The molecule has 0 spiro atoms. The van der Waals surface area contributed by atoms with Crippen LogP contribution in [0, 0.1) is 11.6 Å². The van der Waals surface area contributed by atoms with Crippen molar-refractivity contribution in [3.05, 3.63) is 71.3 Å². The van der Waals surface area contributed by atoms with Gasteiger partial charge in [-0.1, -0.05) is 30.3 Å². The quantitative estimate of drug-likeness (QED) is 0.741. The Hall–Kier alpha value is -2.03. The molecule has 0 fully saturated rings. The van der Waals surface area contributed by atoms with E-state index >= 15 is 0 Å². The standard InChI is InChI=1S/C14H10F2O/c15-12-7-3-1-5-10(12)9-14(17)11-6-2-4-8-13(11)16/h1-8H,9H2. The topological polar surface area (TPSA) is 17.1 Å². The van der Waals surface area contributed by atoms with Crippen molar-refractivity contribution in [1.82, 2.24) is 0 Å². The molecule has 1 nitrogen and oxygen atoms in total. The van der Waals surface area contributed by atoms with E-state index in [1.807, 2.05) is 0 Å². The molecule has 0 aliphatic carbocycles. The van der Waals surface area contributed by atoms with Gasteiger partial charge in [-0.3, -0.25) is 4.79 Å². The van der Waals surface area contributed by atoms with Crippen LogP contribution in [0.2, 0.25) is 0 Å². The average Bonchev–Trinajstić information content (AvgIpc) is 2.32. The van der Waals surface area contributed by atoms with Gasteiger partial charge >= 0.3 is 0 Å². The summed E-state index contributed by atoms with van der Waals surface area (Å²) in [7, 11) is 0. The largest absolute Gasteiger partial charge is 0.294 e. The summed E-state index contributed by atoms with van der Waals surface area (Å²) in [5.74, 6) is -1.45. The third kappa shape index (κ3) is 2.56. The molecule has 0 saturated heterocycles. The lowest BCUT2D eigenvalue weighted by Crippen LogP contribution is -2.07. The smallest absolute Gasteiger partial charge is 0.170 e. The van der Waals surface area contributed by atoms with Crippen molar-refractivity contribution in [3.8, 4) is 0 Å². The minimum Gasteiger partial charge on any atom is -0.294 e. The lowest BCUT2D eigenvalue weighted by atomic mass is 10.0. The summed E-state index contributed by atoms with van der Waals surface area (Å²) < 4.78 is 26.6. The van der Waals surface area contributed by atoms with E-state index in [1.165, 1.54) is 30.3 Å². The van der Waals surface area contributed by atoms with E-state index in [-0.39, 0.29) is 17.5 Å². The lowest BCUT2D eigenvalue weighted by molar-refractivity contribution is 0.0988. The SMILES string of the molecule is O=C(Cc1ccccc1F)c1ccccc1F. The minimum absolute atomic E-state index is 0.00393. The van der Waals surface area contributed by atoms with Crippen LogP contribution in [0.1, 0.15) is 15.9 Å². The normalized spacial score (nSPS) is 10.2. The lowest BCUT2D eigenvalue weighted by Gasteiger charge is -2.03. The van der Waals surface area contributed by atoms with Gasteiger partial charge < -0.3 is 0 Å². The summed E-state index contributed by atoms with van der Waals surface area (Å²) >= 11 is 0. The van der Waals surface area contributed by atoms with E-state index in [9.17, 15) is 13.6 Å². The number of carbonyl (C=O) groups excluding carboxylic acids is 1. The number of Topliss-reactive ketones (excluding diaryl/α,β-unsaturated/α-hetero) is 1. The summed E-state index contributed by atoms with van der Waals surface area (Å²) in [6.45, 7) is 0. The maximum atomic E-state index is 13.3. The molecule has 0 N–H and O–H groups in total. The highest BCUT2D eigenvalue weighted by atomic mass is 19.1. The highest BCUT2D eigenvalue weighted by Crippen LogP contribution is 2.13. The van der Waals surface area contributed by atoms with E-state index in [0.717, 1.165) is 0 Å². The number of hydrogen-bond acceptors (Lipinski definition) is 1. The number of benzene rings is 2. The van der Waals surface area contributed by atoms with Gasteiger partial charge in [-0.05, 0) is 23.8 Å². The molecule has 0 aliphatic rings. The summed E-state index contributed by atoms with van der Waals surface area (Å²) in [4.78, 5) is 11.8. The molecule has 2 aromatic rings. The van der Waals surface area contributed by atoms with Crippen molar-refractivity contribution in [2.75, 3.05) is 0 Å². The predicted octanol–water partition coefficient (Wildman–Crippen LogP) is 3.39. The Morgan fingerprint density at radius 2 is 1.47 bits per heavy atom. The van der Waals surface area contributed by atoms with Gasteiger partial charge in [0.25, 0.3) is 0 Å². The fourth-order valence-electron chi connectivity index (χ4n) is 1.60. The van der Waals surface area contributed by atoms with Crippen molar-refractivity contribution < 1.29 is 13.6 Å². The van der Waals surface area contributed by atoms with Gasteiger partial charge in [0.05, 0.1) is 5.56 Å². The molecule has 17 heavy (non-hydrogen) atoms. The van der Waals surface area contributed by atoms with Gasteiger partial charge in [0.2, 0.25) is 0 Å². The van der Waals surface area contributed by atoms with Crippen molar-refractivity contribution in [2.24, 2.45) is 0 Å². The fraction of sp³-hybridized carbons (Fsp3) is 0.0714. The molecule has 0 atom stereocenters. The second-order valence-corrected chi connectivity index (χ2v) is 3.67. The summed E-state index contributed by atoms with van der Waals surface area (Å²) in [5.41, 5.74) is 0.275. The Morgan fingerprint density at radius 1 is 0.882 bits per heavy atom. The van der Waals surface area contributed by atoms with Gasteiger partial charge in [-0.15, -0.1) is 0 Å². The number of ketones is 1. The fourth-order valence-corrected chi connectivity index (χ4v) is 1.60. The van der Waals surface area contributed by atoms with Crippen molar-refractivity contribution in [2.45, 2.75) is 6.42 Å². The molecular weight excluding hydrogens is 222 g/mol. The van der Waals surface area contributed by atoms with E-state index in [1.54, 1.807) is 18.2 Å². The van der Waals surface area contributed by atoms with Crippen LogP contribution in [0.4, 0.5) is 8.78 Å². The van der Waals surface area contributed by atoms with Crippen LogP contribution in [-0.4, -0.2) is 5.78 Å². The Kier molecular flexibility index (Phi) is 3.28. The first-order valence-corrected chi connectivity index (χ1v) is 5.19. The molecule has 3 heteroatoms. The van der Waals surface area contributed by atoms with E-state index < -0.39 is 17.4 Å². The van der Waals surface area contributed by atoms with E-state index in [2.05, 4.69) is 0 Å². The second-order valence-electron chi connectivity index (χ2n) is 3.67. The predicted molar refractivity (Wildman–Crippen MR) is 60.8 cm³/mol. The number of hydrogen-bond donors (Lipinski definition) is 0. The number of carbonyl (C=O) groups is 1. The van der Waals surface area contributed by atoms with E-state index in [4.69, 9.17) is 0 Å². The molecule has 0 saturated carbocycles. The molecular formula is C14H10F2O. The van der Waals surface area contributed by atoms with E-state index in [0.29, 0.717) is 0 Å². The first-order chi connectivity index (χ1) is 8.18. The second kappa shape index (κ2) is 4.87. The van der Waals surface area contributed by atoms with Crippen molar-refractivity contribution in [1.29, 1.82) is 0 Å². The van der Waals surface area contributed by atoms with Gasteiger partial charge in [-0.2, -0.15) is 0 Å².